The van der Waals surface area contributed by atoms with Crippen molar-refractivity contribution in [1.29, 1.82) is 0 Å². The van der Waals surface area contributed by atoms with Gasteiger partial charge >= 0.3 is 6.09 Å². The van der Waals surface area contributed by atoms with Crippen molar-refractivity contribution in [2.75, 3.05) is 31.8 Å². The molecule has 3 aromatic rings. The van der Waals surface area contributed by atoms with Crippen LogP contribution >= 0.6 is 0 Å². The average molecular weight is 415 g/mol. The number of benzene rings is 1. The summed E-state index contributed by atoms with van der Waals surface area (Å²) in [5.41, 5.74) is 6.24. The van der Waals surface area contributed by atoms with Crippen LogP contribution in [0.2, 0.25) is 0 Å². The van der Waals surface area contributed by atoms with Crippen molar-refractivity contribution in [2.24, 2.45) is 5.73 Å². The van der Waals surface area contributed by atoms with Crippen LogP contribution in [0.4, 0.5) is 15.0 Å². The molecule has 158 valence electrons. The zero-order valence-electron chi connectivity index (χ0n) is 16.5. The lowest BCUT2D eigenvalue weighted by Gasteiger charge is -2.27. The molecule has 3 heterocycles. The molecule has 1 amide bonds. The average Bonchev–Trinajstić information content (AvgIpc) is 3.36. The van der Waals surface area contributed by atoms with Crippen LogP contribution in [0.25, 0.3) is 5.65 Å². The van der Waals surface area contributed by atoms with E-state index in [0.29, 0.717) is 30.4 Å². The Hall–Kier alpha value is -3.40. The van der Waals surface area contributed by atoms with Crippen molar-refractivity contribution in [1.82, 2.24) is 14.6 Å². The molecule has 2 aromatic heterocycles. The van der Waals surface area contributed by atoms with E-state index < -0.39 is 6.09 Å². The highest BCUT2D eigenvalue weighted by molar-refractivity contribution is 5.71. The molecule has 1 fully saturated rings. The summed E-state index contributed by atoms with van der Waals surface area (Å²) in [7, 11) is 1.60. The Bertz CT molecular complexity index is 1060. The third kappa shape index (κ3) is 3.99. The number of methoxy groups -OCH3 is 1. The second-order valence-corrected chi connectivity index (χ2v) is 6.86. The minimum Gasteiger partial charge on any atom is -0.491 e. The number of nitrogens with two attached hydrogens (primary N) is 1. The first-order valence-corrected chi connectivity index (χ1v) is 9.56. The quantitative estimate of drug-likeness (QED) is 0.592. The lowest BCUT2D eigenvalue weighted by atomic mass is 10.0. The summed E-state index contributed by atoms with van der Waals surface area (Å²) < 4.78 is 31.4. The van der Waals surface area contributed by atoms with Crippen LogP contribution in [0.3, 0.4) is 0 Å². The van der Waals surface area contributed by atoms with Gasteiger partial charge in [-0.05, 0) is 37.1 Å². The van der Waals surface area contributed by atoms with E-state index in [4.69, 9.17) is 19.9 Å². The largest absolute Gasteiger partial charge is 0.491 e. The SMILES string of the molecule is COCCOc1ccc(F)cc1[C@H]1CCCN1c1ccn2ncc(OC(N)=O)c2n1. The van der Waals surface area contributed by atoms with E-state index in [1.165, 1.54) is 22.8 Å². The second-order valence-electron chi connectivity index (χ2n) is 6.86. The summed E-state index contributed by atoms with van der Waals surface area (Å²) in [5.74, 6) is 1.13. The fourth-order valence-corrected chi connectivity index (χ4v) is 3.69. The number of hydrogen-bond donors (Lipinski definition) is 1. The molecule has 10 heteroatoms. The number of anilines is 1. The first kappa shape index (κ1) is 19.9. The van der Waals surface area contributed by atoms with Crippen LogP contribution in [0.5, 0.6) is 11.5 Å². The van der Waals surface area contributed by atoms with Gasteiger partial charge in [-0.2, -0.15) is 5.10 Å². The molecule has 0 radical (unpaired) electrons. The van der Waals surface area contributed by atoms with Crippen LogP contribution in [-0.2, 0) is 4.74 Å². The lowest BCUT2D eigenvalue weighted by molar-refractivity contribution is 0.145. The van der Waals surface area contributed by atoms with Gasteiger partial charge < -0.3 is 24.8 Å². The number of hydrogen-bond acceptors (Lipinski definition) is 7. The fraction of sp³-hybridized carbons (Fsp3) is 0.350. The zero-order chi connectivity index (χ0) is 21.1. The molecule has 30 heavy (non-hydrogen) atoms. The van der Waals surface area contributed by atoms with Crippen LogP contribution in [0, 0.1) is 5.82 Å². The van der Waals surface area contributed by atoms with Crippen molar-refractivity contribution < 1.29 is 23.4 Å². The topological polar surface area (TPSA) is 104 Å². The maximum atomic E-state index is 14.1. The third-order valence-electron chi connectivity index (χ3n) is 4.96. The summed E-state index contributed by atoms with van der Waals surface area (Å²) in [4.78, 5) is 17.8. The molecule has 9 nitrogen and oxygen atoms in total. The fourth-order valence-electron chi connectivity index (χ4n) is 3.69. The van der Waals surface area contributed by atoms with E-state index in [1.807, 2.05) is 6.07 Å². The number of halogens is 1. The molecular weight excluding hydrogens is 393 g/mol. The Morgan fingerprint density at radius 2 is 2.17 bits per heavy atom. The molecule has 1 atom stereocenters. The Labute approximate surface area is 172 Å². The number of rotatable bonds is 7. The molecule has 2 N–H and O–H groups in total. The molecule has 0 saturated carbocycles. The molecule has 4 rings (SSSR count). The number of carbonyl (C=O) groups is 1. The van der Waals surface area contributed by atoms with Crippen molar-refractivity contribution in [2.45, 2.75) is 18.9 Å². The first-order chi connectivity index (χ1) is 14.6. The third-order valence-corrected chi connectivity index (χ3v) is 4.96. The van der Waals surface area contributed by atoms with Crippen molar-refractivity contribution in [3.8, 4) is 11.5 Å². The maximum absolute atomic E-state index is 14.1. The molecule has 1 aliphatic rings. The van der Waals surface area contributed by atoms with Gasteiger partial charge in [0.1, 0.15) is 24.0 Å². The molecule has 0 spiro atoms. The van der Waals surface area contributed by atoms with Crippen LogP contribution in [-0.4, -0.2) is 47.6 Å². The molecular formula is C20H22FN5O4. The predicted octanol–water partition coefficient (Wildman–Crippen LogP) is 2.69. The summed E-state index contributed by atoms with van der Waals surface area (Å²) in [5, 5.41) is 4.11. The van der Waals surface area contributed by atoms with Gasteiger partial charge in [0, 0.05) is 25.4 Å². The molecule has 0 bridgehead atoms. The standard InChI is InChI=1S/C20H22FN5O4/c1-28-9-10-29-16-5-4-13(21)11-14(16)15-3-2-7-25(15)18-6-8-26-19(24-18)17(12-23-26)30-20(22)27/h4-6,8,11-12,15H,2-3,7,9-10H2,1H3,(H2,22,27)/t15-/m1/s1. The van der Waals surface area contributed by atoms with E-state index in [9.17, 15) is 9.18 Å². The van der Waals surface area contributed by atoms with Crippen molar-refractivity contribution in [3.63, 3.8) is 0 Å². The maximum Gasteiger partial charge on any atom is 0.410 e. The van der Waals surface area contributed by atoms with Gasteiger partial charge in [-0.25, -0.2) is 18.7 Å². The molecule has 0 unspecified atom stereocenters. The normalized spacial score (nSPS) is 16.2. The van der Waals surface area contributed by atoms with E-state index in [2.05, 4.69) is 15.0 Å². The first-order valence-electron chi connectivity index (χ1n) is 9.56. The summed E-state index contributed by atoms with van der Waals surface area (Å²) >= 11 is 0. The van der Waals surface area contributed by atoms with Crippen LogP contribution < -0.4 is 20.1 Å². The van der Waals surface area contributed by atoms with Gasteiger partial charge in [-0.3, -0.25) is 0 Å². The van der Waals surface area contributed by atoms with Gasteiger partial charge in [0.2, 0.25) is 5.65 Å². The smallest absolute Gasteiger partial charge is 0.410 e. The Morgan fingerprint density at radius 3 is 2.97 bits per heavy atom. The Balaban J connectivity index is 1.67. The monoisotopic (exact) mass is 415 g/mol. The summed E-state index contributed by atoms with van der Waals surface area (Å²) in [6, 6.07) is 6.23. The highest BCUT2D eigenvalue weighted by Crippen LogP contribution is 2.40. The molecule has 1 aliphatic heterocycles. The van der Waals surface area contributed by atoms with Crippen molar-refractivity contribution >= 4 is 17.6 Å². The number of aromatic nitrogens is 3. The minimum atomic E-state index is -0.936. The number of fused-ring (bicyclic) bond motifs is 1. The van der Waals surface area contributed by atoms with Gasteiger partial charge in [0.25, 0.3) is 0 Å². The molecule has 1 aromatic carbocycles. The Morgan fingerprint density at radius 1 is 1.30 bits per heavy atom. The number of ether oxygens (including phenoxy) is 3. The zero-order valence-corrected chi connectivity index (χ0v) is 16.5. The van der Waals surface area contributed by atoms with Gasteiger partial charge in [0.05, 0.1) is 18.8 Å². The highest BCUT2D eigenvalue weighted by Gasteiger charge is 2.30. The van der Waals surface area contributed by atoms with Gasteiger partial charge in [-0.15, -0.1) is 0 Å². The van der Waals surface area contributed by atoms with Crippen molar-refractivity contribution in [3.05, 3.63) is 48.0 Å². The summed E-state index contributed by atoms with van der Waals surface area (Å²) in [6.07, 6.45) is 3.90. The second kappa shape index (κ2) is 8.54. The van der Waals surface area contributed by atoms with Crippen LogP contribution in [0.1, 0.15) is 24.4 Å². The Kier molecular flexibility index (Phi) is 5.66. The van der Waals surface area contributed by atoms with E-state index in [-0.39, 0.29) is 17.6 Å². The summed E-state index contributed by atoms with van der Waals surface area (Å²) in [6.45, 7) is 1.55. The van der Waals surface area contributed by atoms with Crippen LogP contribution in [0.15, 0.2) is 36.7 Å². The van der Waals surface area contributed by atoms with Gasteiger partial charge in [-0.1, -0.05) is 0 Å². The molecule has 1 saturated heterocycles. The molecule has 0 aliphatic carbocycles. The number of primary amides is 1. The number of carbonyl (C=O) groups excluding carboxylic acids is 1. The minimum absolute atomic E-state index is 0.114. The highest BCUT2D eigenvalue weighted by atomic mass is 19.1. The lowest BCUT2D eigenvalue weighted by Crippen LogP contribution is -2.24. The number of amides is 1. The van der Waals surface area contributed by atoms with E-state index in [1.54, 1.807) is 19.4 Å². The van der Waals surface area contributed by atoms with E-state index in [0.717, 1.165) is 24.9 Å². The number of nitrogens with zero attached hydrogens (tertiary/aromatic N) is 4. The van der Waals surface area contributed by atoms with E-state index >= 15 is 0 Å². The van der Waals surface area contributed by atoms with Gasteiger partial charge in [0.15, 0.2) is 5.75 Å². The predicted molar refractivity (Wildman–Crippen MR) is 106 cm³/mol.